The Bertz CT molecular complexity index is 1040. The molecular formula is C28H29F3N2O. The second-order valence-electron chi connectivity index (χ2n) is 9.19. The molecule has 0 aliphatic carbocycles. The summed E-state index contributed by atoms with van der Waals surface area (Å²) in [6.45, 7) is 3.68. The molecule has 5 rings (SSSR count). The highest BCUT2D eigenvalue weighted by atomic mass is 19.4. The summed E-state index contributed by atoms with van der Waals surface area (Å²) in [4.78, 5) is 5.09. The zero-order valence-corrected chi connectivity index (χ0v) is 19.0. The highest BCUT2D eigenvalue weighted by molar-refractivity contribution is 5.37. The van der Waals surface area contributed by atoms with Crippen molar-refractivity contribution in [2.75, 3.05) is 19.6 Å². The van der Waals surface area contributed by atoms with Gasteiger partial charge >= 0.3 is 6.36 Å². The van der Waals surface area contributed by atoms with E-state index < -0.39 is 6.36 Å². The van der Waals surface area contributed by atoms with E-state index in [1.54, 1.807) is 12.1 Å². The molecule has 0 aromatic heterocycles. The van der Waals surface area contributed by atoms with Gasteiger partial charge in [-0.15, -0.1) is 13.2 Å². The Labute approximate surface area is 198 Å². The Kier molecular flexibility index (Phi) is 6.61. The largest absolute Gasteiger partial charge is 0.573 e. The van der Waals surface area contributed by atoms with Gasteiger partial charge in [-0.25, -0.2) is 0 Å². The summed E-state index contributed by atoms with van der Waals surface area (Å²) in [6, 6.07) is 26.9. The number of piperidine rings is 1. The van der Waals surface area contributed by atoms with Crippen molar-refractivity contribution < 1.29 is 17.9 Å². The second kappa shape index (κ2) is 9.80. The maximum absolute atomic E-state index is 12.5. The molecule has 1 saturated heterocycles. The van der Waals surface area contributed by atoms with Gasteiger partial charge in [-0.2, -0.15) is 0 Å². The number of halogens is 3. The van der Waals surface area contributed by atoms with Crippen molar-refractivity contribution in [1.29, 1.82) is 0 Å². The number of fused-ring (bicyclic) bond motifs is 1. The number of benzene rings is 3. The standard InChI is InChI=1S/C28H29F3N2O/c29-28(30,31)34-26-12-11-24-20-33(16-13-23(24)19-26)25-14-17-32(18-15-25)27(21-7-3-1-4-8-21)22-9-5-2-6-10-22/h1-12,19,25,27H,13-18,20H2. The molecule has 0 unspecified atom stereocenters. The first-order chi connectivity index (χ1) is 16.5. The average Bonchev–Trinajstić information content (AvgIpc) is 2.85. The molecule has 0 amide bonds. The Morgan fingerprint density at radius 2 is 1.38 bits per heavy atom. The highest BCUT2D eigenvalue weighted by Crippen LogP contribution is 2.34. The topological polar surface area (TPSA) is 15.7 Å². The lowest BCUT2D eigenvalue weighted by atomic mass is 9.92. The van der Waals surface area contributed by atoms with Gasteiger partial charge in [0.2, 0.25) is 0 Å². The maximum Gasteiger partial charge on any atom is 0.573 e. The fraction of sp³-hybridized carbons (Fsp3) is 0.357. The van der Waals surface area contributed by atoms with Gasteiger partial charge in [0.05, 0.1) is 6.04 Å². The SMILES string of the molecule is FC(F)(F)Oc1ccc2c(c1)CCN(C1CCN(C(c3ccccc3)c3ccccc3)CC1)C2. The van der Waals surface area contributed by atoms with Crippen LogP contribution < -0.4 is 4.74 Å². The van der Waals surface area contributed by atoms with Crippen LogP contribution in [-0.2, 0) is 13.0 Å². The van der Waals surface area contributed by atoms with E-state index in [0.29, 0.717) is 6.04 Å². The molecule has 3 nitrogen and oxygen atoms in total. The Morgan fingerprint density at radius 3 is 1.97 bits per heavy atom. The molecule has 0 radical (unpaired) electrons. The molecule has 0 atom stereocenters. The van der Waals surface area contributed by atoms with Gasteiger partial charge in [0.1, 0.15) is 5.75 Å². The van der Waals surface area contributed by atoms with Crippen LogP contribution >= 0.6 is 0 Å². The summed E-state index contributed by atoms with van der Waals surface area (Å²) in [7, 11) is 0. The van der Waals surface area contributed by atoms with Crippen LogP contribution in [-0.4, -0.2) is 41.8 Å². The summed E-state index contributed by atoms with van der Waals surface area (Å²) in [5.74, 6) is -0.124. The number of hydrogen-bond acceptors (Lipinski definition) is 3. The van der Waals surface area contributed by atoms with Crippen LogP contribution in [0.25, 0.3) is 0 Å². The van der Waals surface area contributed by atoms with E-state index in [1.807, 2.05) is 0 Å². The Balaban J connectivity index is 1.25. The van der Waals surface area contributed by atoms with Crippen LogP contribution in [0, 0.1) is 0 Å². The van der Waals surface area contributed by atoms with Gasteiger partial charge in [0.25, 0.3) is 0 Å². The van der Waals surface area contributed by atoms with Crippen molar-refractivity contribution in [3.63, 3.8) is 0 Å². The molecule has 0 N–H and O–H groups in total. The van der Waals surface area contributed by atoms with Gasteiger partial charge in [0.15, 0.2) is 0 Å². The molecule has 2 aliphatic heterocycles. The van der Waals surface area contributed by atoms with Crippen LogP contribution in [0.4, 0.5) is 13.2 Å². The van der Waals surface area contributed by atoms with Gasteiger partial charge < -0.3 is 4.74 Å². The van der Waals surface area contributed by atoms with Crippen LogP contribution in [0.5, 0.6) is 5.75 Å². The van der Waals surface area contributed by atoms with E-state index in [1.165, 1.54) is 17.2 Å². The zero-order chi connectivity index (χ0) is 23.5. The molecule has 0 saturated carbocycles. The van der Waals surface area contributed by atoms with Crippen LogP contribution in [0.1, 0.15) is 41.1 Å². The van der Waals surface area contributed by atoms with Crippen LogP contribution in [0.2, 0.25) is 0 Å². The number of nitrogens with zero attached hydrogens (tertiary/aromatic N) is 2. The van der Waals surface area contributed by atoms with Crippen LogP contribution in [0.3, 0.4) is 0 Å². The molecule has 0 spiro atoms. The quantitative estimate of drug-likeness (QED) is 0.446. The fourth-order valence-electron chi connectivity index (χ4n) is 5.45. The number of hydrogen-bond donors (Lipinski definition) is 0. The van der Waals surface area contributed by atoms with E-state index in [9.17, 15) is 13.2 Å². The first kappa shape index (κ1) is 22.9. The first-order valence-electron chi connectivity index (χ1n) is 11.9. The smallest absolute Gasteiger partial charge is 0.406 e. The predicted molar refractivity (Wildman–Crippen MR) is 127 cm³/mol. The lowest BCUT2D eigenvalue weighted by Gasteiger charge is -2.43. The minimum Gasteiger partial charge on any atom is -0.406 e. The fourth-order valence-corrected chi connectivity index (χ4v) is 5.45. The van der Waals surface area contributed by atoms with E-state index in [4.69, 9.17) is 0 Å². The molecule has 2 aliphatic rings. The van der Waals surface area contributed by atoms with Crippen molar-refractivity contribution in [1.82, 2.24) is 9.80 Å². The minimum absolute atomic E-state index is 0.124. The predicted octanol–water partition coefficient (Wildman–Crippen LogP) is 6.20. The molecule has 6 heteroatoms. The van der Waals surface area contributed by atoms with Crippen molar-refractivity contribution in [2.45, 2.75) is 44.3 Å². The van der Waals surface area contributed by atoms with Gasteiger partial charge in [-0.1, -0.05) is 66.7 Å². The summed E-state index contributed by atoms with van der Waals surface area (Å²) in [5.41, 5.74) is 4.70. The average molecular weight is 467 g/mol. The number of likely N-dealkylation sites (tertiary alicyclic amines) is 1. The van der Waals surface area contributed by atoms with Gasteiger partial charge in [-0.05, 0) is 53.6 Å². The second-order valence-corrected chi connectivity index (χ2v) is 9.19. The van der Waals surface area contributed by atoms with Crippen molar-refractivity contribution in [3.05, 3.63) is 101 Å². The minimum atomic E-state index is -4.65. The highest BCUT2D eigenvalue weighted by Gasteiger charge is 2.33. The molecule has 178 valence electrons. The molecule has 3 aromatic carbocycles. The zero-order valence-electron chi connectivity index (χ0n) is 19.0. The normalized spacial score (nSPS) is 18.1. The van der Waals surface area contributed by atoms with Crippen molar-refractivity contribution >= 4 is 0 Å². The number of rotatable bonds is 5. The third-order valence-corrected chi connectivity index (χ3v) is 7.06. The maximum atomic E-state index is 12.5. The molecule has 3 aromatic rings. The Morgan fingerprint density at radius 1 is 0.765 bits per heavy atom. The van der Waals surface area contributed by atoms with E-state index in [-0.39, 0.29) is 11.8 Å². The Hall–Kier alpha value is -2.83. The lowest BCUT2D eigenvalue weighted by Crippen LogP contribution is -2.47. The van der Waals surface area contributed by atoms with E-state index in [2.05, 4.69) is 75.2 Å². The van der Waals surface area contributed by atoms with E-state index in [0.717, 1.165) is 56.6 Å². The summed E-state index contributed by atoms with van der Waals surface area (Å²) in [6.07, 6.45) is -1.73. The van der Waals surface area contributed by atoms with Gasteiger partial charge in [0, 0.05) is 32.2 Å². The third-order valence-electron chi connectivity index (χ3n) is 7.06. The van der Waals surface area contributed by atoms with Gasteiger partial charge in [-0.3, -0.25) is 9.80 Å². The molecule has 34 heavy (non-hydrogen) atoms. The third kappa shape index (κ3) is 5.29. The monoisotopic (exact) mass is 466 g/mol. The first-order valence-corrected chi connectivity index (χ1v) is 11.9. The molecule has 0 bridgehead atoms. The summed E-state index contributed by atoms with van der Waals surface area (Å²) >= 11 is 0. The lowest BCUT2D eigenvalue weighted by molar-refractivity contribution is -0.274. The molecular weight excluding hydrogens is 437 g/mol. The number of ether oxygens (including phenoxy) is 1. The van der Waals surface area contributed by atoms with Crippen molar-refractivity contribution in [2.24, 2.45) is 0 Å². The van der Waals surface area contributed by atoms with E-state index >= 15 is 0 Å². The summed E-state index contributed by atoms with van der Waals surface area (Å²) < 4.78 is 41.7. The molecule has 2 heterocycles. The van der Waals surface area contributed by atoms with Crippen molar-refractivity contribution in [3.8, 4) is 5.75 Å². The summed E-state index contributed by atoms with van der Waals surface area (Å²) in [5, 5.41) is 0. The van der Waals surface area contributed by atoms with Crippen LogP contribution in [0.15, 0.2) is 78.9 Å². The number of alkyl halides is 3. The molecule has 1 fully saturated rings.